The Morgan fingerprint density at radius 1 is 0.920 bits per heavy atom. The van der Waals surface area contributed by atoms with E-state index in [9.17, 15) is 9.59 Å². The molecular formula is C19H22N2O3S. The number of hydrazine groups is 1. The monoisotopic (exact) mass is 358 g/mol. The van der Waals surface area contributed by atoms with Crippen molar-refractivity contribution < 1.29 is 14.3 Å². The normalized spacial score (nSPS) is 12.1. The molecule has 0 fully saturated rings. The van der Waals surface area contributed by atoms with Crippen molar-refractivity contribution in [3.8, 4) is 0 Å². The van der Waals surface area contributed by atoms with Gasteiger partial charge in [0.05, 0.1) is 0 Å². The number of benzene rings is 2. The fourth-order valence-corrected chi connectivity index (χ4v) is 3.06. The van der Waals surface area contributed by atoms with E-state index in [0.717, 1.165) is 10.5 Å². The Balaban J connectivity index is 2.07. The highest BCUT2D eigenvalue weighted by molar-refractivity contribution is 8.00. The van der Waals surface area contributed by atoms with E-state index in [1.165, 1.54) is 11.8 Å². The molecule has 132 valence electrons. The molecule has 1 atom stereocenters. The van der Waals surface area contributed by atoms with Gasteiger partial charge in [-0.1, -0.05) is 48.5 Å². The summed E-state index contributed by atoms with van der Waals surface area (Å²) in [4.78, 5) is 25.3. The van der Waals surface area contributed by atoms with E-state index < -0.39 is 16.9 Å². The molecule has 0 unspecified atom stereocenters. The molecule has 0 spiro atoms. The standard InChI is InChI=1S/C19H22N2O3S/c1-19(2,3)24-18(23)21-20-17(22)16(14-10-6-4-7-11-14)25-15-12-8-5-9-13-15/h4-13,16H,1-3H3,(H,20,22)(H,21,23)/t16-/m1/s1. The van der Waals surface area contributed by atoms with Gasteiger partial charge in [-0.25, -0.2) is 10.2 Å². The van der Waals surface area contributed by atoms with Crippen LogP contribution < -0.4 is 10.9 Å². The number of amides is 2. The summed E-state index contributed by atoms with van der Waals surface area (Å²) in [7, 11) is 0. The molecule has 2 aromatic rings. The smallest absolute Gasteiger partial charge is 0.426 e. The number of thioether (sulfide) groups is 1. The number of hydrogen-bond donors (Lipinski definition) is 2. The molecule has 0 aliphatic rings. The molecule has 0 saturated carbocycles. The zero-order valence-electron chi connectivity index (χ0n) is 14.5. The van der Waals surface area contributed by atoms with Gasteiger partial charge < -0.3 is 4.74 Å². The molecule has 0 aliphatic heterocycles. The van der Waals surface area contributed by atoms with E-state index in [2.05, 4.69) is 10.9 Å². The number of hydrogen-bond acceptors (Lipinski definition) is 4. The van der Waals surface area contributed by atoms with Crippen LogP contribution in [0.3, 0.4) is 0 Å². The lowest BCUT2D eigenvalue weighted by molar-refractivity contribution is -0.121. The lowest BCUT2D eigenvalue weighted by atomic mass is 10.1. The van der Waals surface area contributed by atoms with Crippen molar-refractivity contribution in [1.29, 1.82) is 0 Å². The van der Waals surface area contributed by atoms with E-state index >= 15 is 0 Å². The largest absolute Gasteiger partial charge is 0.443 e. The lowest BCUT2D eigenvalue weighted by Gasteiger charge is -2.21. The van der Waals surface area contributed by atoms with Gasteiger partial charge in [0.2, 0.25) is 0 Å². The van der Waals surface area contributed by atoms with Crippen molar-refractivity contribution in [1.82, 2.24) is 10.9 Å². The number of carbonyl (C=O) groups excluding carboxylic acids is 2. The second-order valence-electron chi connectivity index (χ2n) is 6.34. The third-order valence-corrected chi connectivity index (χ3v) is 4.29. The summed E-state index contributed by atoms with van der Waals surface area (Å²) in [6.45, 7) is 5.27. The van der Waals surface area contributed by atoms with Gasteiger partial charge in [-0.05, 0) is 38.5 Å². The van der Waals surface area contributed by atoms with Gasteiger partial charge >= 0.3 is 6.09 Å². The fraction of sp³-hybridized carbons (Fsp3) is 0.263. The van der Waals surface area contributed by atoms with Crippen molar-refractivity contribution in [3.05, 3.63) is 66.2 Å². The molecule has 25 heavy (non-hydrogen) atoms. The first kappa shape index (κ1) is 18.9. The zero-order chi connectivity index (χ0) is 18.3. The third-order valence-electron chi connectivity index (χ3n) is 3.02. The Labute approximate surface area is 152 Å². The van der Waals surface area contributed by atoms with E-state index in [-0.39, 0.29) is 5.91 Å². The first-order valence-corrected chi connectivity index (χ1v) is 8.78. The van der Waals surface area contributed by atoms with E-state index in [4.69, 9.17) is 4.74 Å². The van der Waals surface area contributed by atoms with Crippen LogP contribution in [0, 0.1) is 0 Å². The molecule has 2 aromatic carbocycles. The molecule has 0 bridgehead atoms. The van der Waals surface area contributed by atoms with Crippen LogP contribution in [0.15, 0.2) is 65.6 Å². The van der Waals surface area contributed by atoms with E-state index in [0.29, 0.717) is 0 Å². The van der Waals surface area contributed by atoms with Crippen molar-refractivity contribution in [2.75, 3.05) is 0 Å². The minimum atomic E-state index is -0.697. The average molecular weight is 358 g/mol. The maximum atomic E-state index is 12.6. The van der Waals surface area contributed by atoms with Gasteiger partial charge in [0.25, 0.3) is 5.91 Å². The van der Waals surface area contributed by atoms with Crippen LogP contribution in [0.4, 0.5) is 4.79 Å². The van der Waals surface area contributed by atoms with Crippen molar-refractivity contribution in [2.45, 2.75) is 36.5 Å². The first-order chi connectivity index (χ1) is 11.8. The summed E-state index contributed by atoms with van der Waals surface area (Å²) >= 11 is 1.41. The first-order valence-electron chi connectivity index (χ1n) is 7.91. The second-order valence-corrected chi connectivity index (χ2v) is 7.52. The molecule has 6 heteroatoms. The summed E-state index contributed by atoms with van der Waals surface area (Å²) in [5, 5.41) is -0.501. The van der Waals surface area contributed by atoms with Crippen LogP contribution in [0.5, 0.6) is 0 Å². The molecule has 0 radical (unpaired) electrons. The van der Waals surface area contributed by atoms with Gasteiger partial charge in [0.1, 0.15) is 10.9 Å². The Bertz CT molecular complexity index is 700. The molecule has 0 saturated heterocycles. The van der Waals surface area contributed by atoms with Crippen molar-refractivity contribution in [2.24, 2.45) is 0 Å². The van der Waals surface area contributed by atoms with Crippen LogP contribution in [0.25, 0.3) is 0 Å². The Morgan fingerprint density at radius 3 is 2.04 bits per heavy atom. The van der Waals surface area contributed by atoms with E-state index in [1.807, 2.05) is 60.7 Å². The van der Waals surface area contributed by atoms with Crippen LogP contribution in [0.2, 0.25) is 0 Å². The van der Waals surface area contributed by atoms with Crippen LogP contribution in [0.1, 0.15) is 31.6 Å². The highest BCUT2D eigenvalue weighted by atomic mass is 32.2. The molecule has 0 aliphatic carbocycles. The fourth-order valence-electron chi connectivity index (χ4n) is 2.02. The Hall–Kier alpha value is -2.47. The minimum absolute atomic E-state index is 0.328. The highest BCUT2D eigenvalue weighted by Gasteiger charge is 2.23. The number of carbonyl (C=O) groups is 2. The SMILES string of the molecule is CC(C)(C)OC(=O)NNC(=O)[C@H](Sc1ccccc1)c1ccccc1. The molecule has 5 nitrogen and oxygen atoms in total. The number of nitrogens with one attached hydrogen (secondary N) is 2. The molecule has 2 N–H and O–H groups in total. The van der Waals surface area contributed by atoms with Gasteiger partial charge in [-0.2, -0.15) is 0 Å². The van der Waals surface area contributed by atoms with Crippen LogP contribution >= 0.6 is 11.8 Å². The van der Waals surface area contributed by atoms with Gasteiger partial charge in [0, 0.05) is 4.90 Å². The topological polar surface area (TPSA) is 67.4 Å². The van der Waals surface area contributed by atoms with Crippen molar-refractivity contribution >= 4 is 23.8 Å². The maximum Gasteiger partial charge on any atom is 0.426 e. The molecule has 2 amide bonds. The van der Waals surface area contributed by atoms with Crippen LogP contribution in [-0.4, -0.2) is 17.6 Å². The predicted octanol–water partition coefficient (Wildman–Crippen LogP) is 4.08. The Morgan fingerprint density at radius 2 is 1.48 bits per heavy atom. The lowest BCUT2D eigenvalue weighted by Crippen LogP contribution is -2.45. The van der Waals surface area contributed by atoms with Gasteiger partial charge in [-0.15, -0.1) is 11.8 Å². The number of rotatable bonds is 4. The summed E-state index contributed by atoms with van der Waals surface area (Å²) in [6.07, 6.45) is -0.697. The van der Waals surface area contributed by atoms with Gasteiger partial charge in [0.15, 0.2) is 0 Å². The predicted molar refractivity (Wildman–Crippen MR) is 99.0 cm³/mol. The van der Waals surface area contributed by atoms with Gasteiger partial charge in [-0.3, -0.25) is 10.2 Å². The summed E-state index contributed by atoms with van der Waals surface area (Å²) in [6, 6.07) is 19.1. The summed E-state index contributed by atoms with van der Waals surface area (Å²) < 4.78 is 5.12. The summed E-state index contributed by atoms with van der Waals surface area (Å²) in [5.74, 6) is -0.328. The summed E-state index contributed by atoms with van der Waals surface area (Å²) in [5.41, 5.74) is 4.96. The average Bonchev–Trinajstić information content (AvgIpc) is 2.58. The quantitative estimate of drug-likeness (QED) is 0.638. The maximum absolute atomic E-state index is 12.6. The Kier molecular flexibility index (Phi) is 6.47. The molecule has 2 rings (SSSR count). The minimum Gasteiger partial charge on any atom is -0.443 e. The van der Waals surface area contributed by atoms with Crippen LogP contribution in [-0.2, 0) is 9.53 Å². The van der Waals surface area contributed by atoms with Crippen molar-refractivity contribution in [3.63, 3.8) is 0 Å². The highest BCUT2D eigenvalue weighted by Crippen LogP contribution is 2.35. The zero-order valence-corrected chi connectivity index (χ0v) is 15.3. The second kappa shape index (κ2) is 8.58. The molecule has 0 aromatic heterocycles. The molecule has 0 heterocycles. The molecular weight excluding hydrogens is 336 g/mol. The number of ether oxygens (including phenoxy) is 1. The third kappa shape index (κ3) is 6.51. The van der Waals surface area contributed by atoms with E-state index in [1.54, 1.807) is 20.8 Å².